The summed E-state index contributed by atoms with van der Waals surface area (Å²) in [5, 5.41) is 3.40. The van der Waals surface area contributed by atoms with Gasteiger partial charge in [0.25, 0.3) is 0 Å². The van der Waals surface area contributed by atoms with E-state index in [9.17, 15) is 9.18 Å². The smallest absolute Gasteiger partial charge is 0.339 e. The van der Waals surface area contributed by atoms with Crippen LogP contribution in [0.3, 0.4) is 0 Å². The number of rotatable bonds is 4. The highest BCUT2D eigenvalue weighted by molar-refractivity contribution is 5.95. The molecule has 2 unspecified atom stereocenters. The van der Waals surface area contributed by atoms with E-state index in [1.165, 1.54) is 44.6 Å². The lowest BCUT2D eigenvalue weighted by atomic mass is 9.77. The summed E-state index contributed by atoms with van der Waals surface area (Å²) in [7, 11) is 1.34. The Kier molecular flexibility index (Phi) is 5.21. The molecule has 4 heteroatoms. The first kappa shape index (κ1) is 15.8. The predicted octanol–water partition coefficient (Wildman–Crippen LogP) is 4.24. The van der Waals surface area contributed by atoms with Crippen molar-refractivity contribution in [3.8, 4) is 0 Å². The van der Waals surface area contributed by atoms with Gasteiger partial charge in [-0.15, -0.1) is 0 Å². The number of carbonyl (C=O) groups excluding carboxylic acids is 1. The lowest BCUT2D eigenvalue weighted by Gasteiger charge is -2.35. The summed E-state index contributed by atoms with van der Waals surface area (Å²) in [5.74, 6) is 0.335. The van der Waals surface area contributed by atoms with Crippen LogP contribution in [0.4, 0.5) is 10.1 Å². The topological polar surface area (TPSA) is 38.3 Å². The molecule has 2 atom stereocenters. The van der Waals surface area contributed by atoms with Crippen LogP contribution < -0.4 is 5.32 Å². The van der Waals surface area contributed by atoms with Gasteiger partial charge < -0.3 is 10.1 Å². The Labute approximate surface area is 125 Å². The van der Waals surface area contributed by atoms with Crippen molar-refractivity contribution in [1.29, 1.82) is 0 Å². The zero-order valence-corrected chi connectivity index (χ0v) is 13.0. The molecule has 0 heterocycles. The molecule has 21 heavy (non-hydrogen) atoms. The van der Waals surface area contributed by atoms with Crippen molar-refractivity contribution >= 4 is 11.7 Å². The molecule has 0 aromatic heterocycles. The standard InChI is InChI=1S/C17H24FNO2/c1-11(2)13-6-4-5-7-15(13)19-16-10-12(18)8-9-14(16)17(20)21-3/h8-11,13,15,19H,4-7H2,1-3H3. The third-order valence-electron chi connectivity index (χ3n) is 4.40. The van der Waals surface area contributed by atoms with E-state index in [-0.39, 0.29) is 11.9 Å². The molecule has 1 aromatic carbocycles. The number of esters is 1. The highest BCUT2D eigenvalue weighted by Gasteiger charge is 2.28. The molecule has 3 nitrogen and oxygen atoms in total. The number of benzene rings is 1. The van der Waals surface area contributed by atoms with Gasteiger partial charge in [-0.25, -0.2) is 9.18 Å². The molecule has 1 aliphatic carbocycles. The van der Waals surface area contributed by atoms with Gasteiger partial charge in [-0.05, 0) is 42.9 Å². The summed E-state index contributed by atoms with van der Waals surface area (Å²) in [5.41, 5.74) is 0.936. The lowest BCUT2D eigenvalue weighted by molar-refractivity contribution is 0.0601. The first-order chi connectivity index (χ1) is 10.0. The fraction of sp³-hybridized carbons (Fsp3) is 0.588. The summed E-state index contributed by atoms with van der Waals surface area (Å²) < 4.78 is 18.3. The SMILES string of the molecule is COC(=O)c1ccc(F)cc1NC1CCCCC1C(C)C. The number of methoxy groups -OCH3 is 1. The number of hydrogen-bond donors (Lipinski definition) is 1. The molecule has 116 valence electrons. The first-order valence-electron chi connectivity index (χ1n) is 7.67. The Morgan fingerprint density at radius 3 is 2.71 bits per heavy atom. The fourth-order valence-electron chi connectivity index (χ4n) is 3.26. The molecule has 1 fully saturated rings. The molecule has 0 saturated heterocycles. The fourth-order valence-corrected chi connectivity index (χ4v) is 3.26. The largest absolute Gasteiger partial charge is 0.465 e. The van der Waals surface area contributed by atoms with E-state index in [0.717, 1.165) is 6.42 Å². The van der Waals surface area contributed by atoms with Crippen LogP contribution in [0.2, 0.25) is 0 Å². The average Bonchev–Trinajstić information content (AvgIpc) is 2.47. The van der Waals surface area contributed by atoms with E-state index in [1.54, 1.807) is 0 Å². The molecule has 0 radical (unpaired) electrons. The van der Waals surface area contributed by atoms with Gasteiger partial charge >= 0.3 is 5.97 Å². The molecule has 0 spiro atoms. The van der Waals surface area contributed by atoms with E-state index in [1.807, 2.05) is 0 Å². The summed E-state index contributed by atoms with van der Waals surface area (Å²) >= 11 is 0. The van der Waals surface area contributed by atoms with Crippen LogP contribution in [0, 0.1) is 17.7 Å². The molecule has 0 bridgehead atoms. The van der Waals surface area contributed by atoms with E-state index < -0.39 is 5.97 Å². The molecule has 0 amide bonds. The second kappa shape index (κ2) is 6.92. The minimum atomic E-state index is -0.436. The molecule has 1 aliphatic rings. The van der Waals surface area contributed by atoms with Crippen molar-refractivity contribution in [1.82, 2.24) is 0 Å². The van der Waals surface area contributed by atoms with Crippen LogP contribution in [-0.2, 0) is 4.74 Å². The molecular formula is C17H24FNO2. The van der Waals surface area contributed by atoms with Gasteiger partial charge in [0.2, 0.25) is 0 Å². The van der Waals surface area contributed by atoms with Crippen molar-refractivity contribution in [2.24, 2.45) is 11.8 Å². The van der Waals surface area contributed by atoms with Crippen LogP contribution in [0.15, 0.2) is 18.2 Å². The average molecular weight is 293 g/mol. The van der Waals surface area contributed by atoms with E-state index in [2.05, 4.69) is 19.2 Å². The molecule has 1 aromatic rings. The summed E-state index contributed by atoms with van der Waals surface area (Å²) in [6, 6.07) is 4.44. The maximum Gasteiger partial charge on any atom is 0.339 e. The molecule has 0 aliphatic heterocycles. The number of halogens is 1. The minimum absolute atomic E-state index is 0.281. The minimum Gasteiger partial charge on any atom is -0.465 e. The maximum absolute atomic E-state index is 13.5. The molecule has 1 N–H and O–H groups in total. The van der Waals surface area contributed by atoms with Crippen LogP contribution in [0.1, 0.15) is 49.9 Å². The monoisotopic (exact) mass is 293 g/mol. The quantitative estimate of drug-likeness (QED) is 0.844. The first-order valence-corrected chi connectivity index (χ1v) is 7.67. The van der Waals surface area contributed by atoms with Gasteiger partial charge in [-0.3, -0.25) is 0 Å². The van der Waals surface area contributed by atoms with Crippen molar-refractivity contribution in [2.45, 2.75) is 45.6 Å². The number of carbonyl (C=O) groups is 1. The summed E-state index contributed by atoms with van der Waals surface area (Å²) in [4.78, 5) is 11.8. The van der Waals surface area contributed by atoms with Gasteiger partial charge in [-0.2, -0.15) is 0 Å². The van der Waals surface area contributed by atoms with Crippen LogP contribution >= 0.6 is 0 Å². The number of anilines is 1. The zero-order chi connectivity index (χ0) is 15.4. The Morgan fingerprint density at radius 1 is 1.33 bits per heavy atom. The van der Waals surface area contributed by atoms with Gasteiger partial charge in [0, 0.05) is 6.04 Å². The highest BCUT2D eigenvalue weighted by Crippen LogP contribution is 2.33. The van der Waals surface area contributed by atoms with Crippen LogP contribution in [-0.4, -0.2) is 19.1 Å². The predicted molar refractivity (Wildman–Crippen MR) is 81.9 cm³/mol. The van der Waals surface area contributed by atoms with Gasteiger partial charge in [0.1, 0.15) is 5.82 Å². The zero-order valence-electron chi connectivity index (χ0n) is 13.0. The van der Waals surface area contributed by atoms with Crippen molar-refractivity contribution in [2.75, 3.05) is 12.4 Å². The van der Waals surface area contributed by atoms with E-state index in [0.29, 0.717) is 23.1 Å². The van der Waals surface area contributed by atoms with Gasteiger partial charge in [0.05, 0.1) is 18.4 Å². The number of hydrogen-bond acceptors (Lipinski definition) is 3. The van der Waals surface area contributed by atoms with Crippen molar-refractivity contribution in [3.63, 3.8) is 0 Å². The third-order valence-corrected chi connectivity index (χ3v) is 4.40. The third kappa shape index (κ3) is 3.74. The number of nitrogens with one attached hydrogen (secondary N) is 1. The Morgan fingerprint density at radius 2 is 2.05 bits per heavy atom. The number of ether oxygens (including phenoxy) is 1. The normalized spacial score (nSPS) is 22.1. The summed E-state index contributed by atoms with van der Waals surface area (Å²) in [6.07, 6.45) is 4.65. The Balaban J connectivity index is 2.24. The van der Waals surface area contributed by atoms with Gasteiger partial charge in [-0.1, -0.05) is 26.7 Å². The van der Waals surface area contributed by atoms with Crippen LogP contribution in [0.25, 0.3) is 0 Å². The van der Waals surface area contributed by atoms with Crippen molar-refractivity contribution < 1.29 is 13.9 Å². The highest BCUT2D eigenvalue weighted by atomic mass is 19.1. The lowest BCUT2D eigenvalue weighted by Crippen LogP contribution is -2.35. The maximum atomic E-state index is 13.5. The Bertz CT molecular complexity index is 502. The molecule has 2 rings (SSSR count). The summed E-state index contributed by atoms with van der Waals surface area (Å²) in [6.45, 7) is 4.44. The second-order valence-electron chi connectivity index (χ2n) is 6.12. The van der Waals surface area contributed by atoms with E-state index in [4.69, 9.17) is 4.74 Å². The second-order valence-corrected chi connectivity index (χ2v) is 6.12. The van der Waals surface area contributed by atoms with Crippen LogP contribution in [0.5, 0.6) is 0 Å². The molecular weight excluding hydrogens is 269 g/mol. The van der Waals surface area contributed by atoms with E-state index >= 15 is 0 Å². The van der Waals surface area contributed by atoms with Gasteiger partial charge in [0.15, 0.2) is 0 Å². The molecule has 1 saturated carbocycles. The van der Waals surface area contributed by atoms with Crippen molar-refractivity contribution in [3.05, 3.63) is 29.6 Å². The Hall–Kier alpha value is -1.58.